The van der Waals surface area contributed by atoms with Crippen molar-refractivity contribution in [2.45, 2.75) is 58.3 Å². The van der Waals surface area contributed by atoms with Gasteiger partial charge in [0.05, 0.1) is 11.1 Å². The number of aryl methyl sites for hydroxylation is 1. The SMILES string of the molecule is CCC(C)(CC)c1ccc(N(c2ccc(-c3ccc(N(c4ccc(C)cc4)c4ccc(C(F)(F)F)cc4)cc3)cc2)c2ccc(C(F)(F)F)cc2)cc1. The van der Waals surface area contributed by atoms with Crippen LogP contribution in [-0.4, -0.2) is 0 Å². The molecule has 0 heterocycles. The molecule has 0 saturated heterocycles. The summed E-state index contributed by atoms with van der Waals surface area (Å²) in [5.41, 5.74) is 7.04. The third-order valence-electron chi connectivity index (χ3n) is 10.2. The number of alkyl halides is 6. The van der Waals surface area contributed by atoms with Gasteiger partial charge in [-0.1, -0.05) is 74.9 Å². The highest BCUT2D eigenvalue weighted by molar-refractivity contribution is 5.81. The monoisotopic (exact) mass is 722 g/mol. The molecule has 6 aromatic carbocycles. The minimum atomic E-state index is -4.44. The van der Waals surface area contributed by atoms with Crippen molar-refractivity contribution < 1.29 is 26.3 Å². The van der Waals surface area contributed by atoms with E-state index in [1.165, 1.54) is 29.8 Å². The number of halogens is 6. The molecule has 0 amide bonds. The van der Waals surface area contributed by atoms with E-state index in [1.807, 2.05) is 102 Å². The standard InChI is InChI=1S/C45H40F6N2/c1-5-43(4,6-2)34-13-25-40(26-14-34)53(42-29-17-36(18-30-42)45(49,50)51)39-23-11-33(12-24-39)32-9-21-38(22-10-32)52(37-19-7-31(3)8-20-37)41-27-15-35(16-28-41)44(46,47)48/h7-30H,5-6H2,1-4H3. The van der Waals surface area contributed by atoms with Crippen molar-refractivity contribution in [3.63, 3.8) is 0 Å². The second-order valence-corrected chi connectivity index (χ2v) is 13.5. The summed E-state index contributed by atoms with van der Waals surface area (Å²) in [6.45, 7) is 8.54. The summed E-state index contributed by atoms with van der Waals surface area (Å²) in [5, 5.41) is 0. The molecule has 0 aliphatic rings. The number of benzene rings is 6. The van der Waals surface area contributed by atoms with Crippen LogP contribution in [0.15, 0.2) is 146 Å². The Hall–Kier alpha value is -5.50. The third-order valence-corrected chi connectivity index (χ3v) is 10.2. The van der Waals surface area contributed by atoms with Gasteiger partial charge in [0.25, 0.3) is 0 Å². The van der Waals surface area contributed by atoms with Crippen molar-refractivity contribution in [1.29, 1.82) is 0 Å². The summed E-state index contributed by atoms with van der Waals surface area (Å²) < 4.78 is 80.4. The van der Waals surface area contributed by atoms with E-state index in [0.717, 1.165) is 76.5 Å². The summed E-state index contributed by atoms with van der Waals surface area (Å²) in [6.07, 6.45) is -6.92. The second kappa shape index (κ2) is 14.9. The molecule has 0 aromatic heterocycles. The van der Waals surface area contributed by atoms with Crippen LogP contribution in [0.25, 0.3) is 11.1 Å². The maximum absolute atomic E-state index is 13.5. The molecule has 6 rings (SSSR count). The summed E-state index contributed by atoms with van der Waals surface area (Å²) in [4.78, 5) is 3.85. The van der Waals surface area contributed by atoms with E-state index in [4.69, 9.17) is 0 Å². The molecule has 6 aromatic rings. The van der Waals surface area contributed by atoms with Crippen molar-refractivity contribution in [2.75, 3.05) is 9.80 Å². The first-order chi connectivity index (χ1) is 25.2. The maximum atomic E-state index is 13.5. The van der Waals surface area contributed by atoms with E-state index in [2.05, 4.69) is 32.9 Å². The first-order valence-corrected chi connectivity index (χ1v) is 17.5. The minimum Gasteiger partial charge on any atom is -0.311 e. The molecule has 0 fully saturated rings. The zero-order valence-electron chi connectivity index (χ0n) is 29.9. The van der Waals surface area contributed by atoms with Crippen LogP contribution in [-0.2, 0) is 17.8 Å². The lowest BCUT2D eigenvalue weighted by Gasteiger charge is -2.30. The molecule has 8 heteroatoms. The van der Waals surface area contributed by atoms with E-state index >= 15 is 0 Å². The Morgan fingerprint density at radius 2 is 0.623 bits per heavy atom. The molecule has 0 bridgehead atoms. The van der Waals surface area contributed by atoms with Gasteiger partial charge in [0, 0.05) is 34.1 Å². The summed E-state index contributed by atoms with van der Waals surface area (Å²) >= 11 is 0. The molecular formula is C45H40F6N2. The predicted molar refractivity (Wildman–Crippen MR) is 204 cm³/mol. The highest BCUT2D eigenvalue weighted by Crippen LogP contribution is 2.41. The van der Waals surface area contributed by atoms with E-state index < -0.39 is 23.5 Å². The van der Waals surface area contributed by atoms with Gasteiger partial charge in [0.1, 0.15) is 0 Å². The molecule has 0 radical (unpaired) electrons. The Bertz CT molecular complexity index is 2100. The van der Waals surface area contributed by atoms with E-state index in [9.17, 15) is 26.3 Å². The quantitative estimate of drug-likeness (QED) is 0.130. The van der Waals surface area contributed by atoms with Crippen molar-refractivity contribution in [3.8, 4) is 11.1 Å². The Labute approximate surface area is 307 Å². The summed E-state index contributed by atoms with van der Waals surface area (Å²) in [6, 6.07) is 41.9. The molecular weight excluding hydrogens is 682 g/mol. The average molecular weight is 723 g/mol. The van der Waals surface area contributed by atoms with Gasteiger partial charge in [0.15, 0.2) is 0 Å². The van der Waals surface area contributed by atoms with Crippen LogP contribution in [0.1, 0.15) is 55.9 Å². The number of nitrogens with zero attached hydrogens (tertiary/aromatic N) is 2. The Kier molecular flexibility index (Phi) is 10.4. The van der Waals surface area contributed by atoms with Gasteiger partial charge in [-0.2, -0.15) is 26.3 Å². The van der Waals surface area contributed by atoms with Crippen LogP contribution in [0.2, 0.25) is 0 Å². The topological polar surface area (TPSA) is 6.48 Å². The number of hydrogen-bond acceptors (Lipinski definition) is 2. The molecule has 0 atom stereocenters. The molecule has 0 aliphatic carbocycles. The van der Waals surface area contributed by atoms with Gasteiger partial charge in [-0.15, -0.1) is 0 Å². The summed E-state index contributed by atoms with van der Waals surface area (Å²) in [5.74, 6) is 0. The largest absolute Gasteiger partial charge is 0.416 e. The van der Waals surface area contributed by atoms with Crippen molar-refractivity contribution in [1.82, 2.24) is 0 Å². The lowest BCUT2D eigenvalue weighted by Crippen LogP contribution is -2.19. The lowest BCUT2D eigenvalue weighted by molar-refractivity contribution is -0.138. The predicted octanol–water partition coefficient (Wildman–Crippen LogP) is 14.7. The third kappa shape index (κ3) is 8.12. The van der Waals surface area contributed by atoms with E-state index in [-0.39, 0.29) is 5.41 Å². The average Bonchev–Trinajstić information content (AvgIpc) is 3.16. The molecule has 2 nitrogen and oxygen atoms in total. The van der Waals surface area contributed by atoms with Crippen molar-refractivity contribution in [2.24, 2.45) is 0 Å². The second-order valence-electron chi connectivity index (χ2n) is 13.5. The smallest absolute Gasteiger partial charge is 0.311 e. The van der Waals surface area contributed by atoms with Crippen LogP contribution in [0, 0.1) is 6.92 Å². The molecule has 0 saturated carbocycles. The fourth-order valence-electron chi connectivity index (χ4n) is 6.46. The highest BCUT2D eigenvalue weighted by atomic mass is 19.4. The van der Waals surface area contributed by atoms with Crippen LogP contribution in [0.3, 0.4) is 0 Å². The zero-order chi connectivity index (χ0) is 38.0. The first-order valence-electron chi connectivity index (χ1n) is 17.5. The number of anilines is 6. The van der Waals surface area contributed by atoms with E-state index in [1.54, 1.807) is 0 Å². The number of rotatable bonds is 10. The zero-order valence-corrected chi connectivity index (χ0v) is 29.9. The van der Waals surface area contributed by atoms with Gasteiger partial charge in [0.2, 0.25) is 0 Å². The van der Waals surface area contributed by atoms with Gasteiger partial charge < -0.3 is 9.80 Å². The fraction of sp³-hybridized carbons (Fsp3) is 0.200. The normalized spacial score (nSPS) is 12.1. The Balaban J connectivity index is 1.33. The fourth-order valence-corrected chi connectivity index (χ4v) is 6.46. The van der Waals surface area contributed by atoms with Crippen LogP contribution >= 0.6 is 0 Å². The number of hydrogen-bond donors (Lipinski definition) is 0. The molecule has 53 heavy (non-hydrogen) atoms. The first kappa shape index (κ1) is 37.3. The van der Waals surface area contributed by atoms with Crippen LogP contribution in [0.4, 0.5) is 60.5 Å². The minimum absolute atomic E-state index is 0.0177. The highest BCUT2D eigenvalue weighted by Gasteiger charge is 2.31. The van der Waals surface area contributed by atoms with Gasteiger partial charge in [-0.25, -0.2) is 0 Å². The Morgan fingerprint density at radius 3 is 0.887 bits per heavy atom. The molecule has 0 aliphatic heterocycles. The van der Waals surface area contributed by atoms with Crippen molar-refractivity contribution in [3.05, 3.63) is 168 Å². The lowest BCUT2D eigenvalue weighted by atomic mass is 9.78. The molecule has 272 valence electrons. The maximum Gasteiger partial charge on any atom is 0.416 e. The Morgan fingerprint density at radius 1 is 0.377 bits per heavy atom. The summed E-state index contributed by atoms with van der Waals surface area (Å²) in [7, 11) is 0. The van der Waals surface area contributed by atoms with Gasteiger partial charge in [-0.05, 0) is 139 Å². The van der Waals surface area contributed by atoms with Gasteiger partial charge >= 0.3 is 12.4 Å². The molecule has 0 unspecified atom stereocenters. The molecule has 0 N–H and O–H groups in total. The van der Waals surface area contributed by atoms with Gasteiger partial charge in [-0.3, -0.25) is 0 Å². The van der Waals surface area contributed by atoms with Crippen molar-refractivity contribution >= 4 is 34.1 Å². The molecule has 0 spiro atoms. The van der Waals surface area contributed by atoms with Crippen LogP contribution < -0.4 is 9.80 Å². The van der Waals surface area contributed by atoms with E-state index in [0.29, 0.717) is 11.4 Å². The van der Waals surface area contributed by atoms with Crippen LogP contribution in [0.5, 0.6) is 0 Å².